The number of hydrazine groups is 1. The van der Waals surface area contributed by atoms with Crippen molar-refractivity contribution in [3.63, 3.8) is 0 Å². The second kappa shape index (κ2) is 10.2. The minimum absolute atomic E-state index is 0.0216. The molecule has 0 saturated heterocycles. The van der Waals surface area contributed by atoms with Crippen LogP contribution in [0.15, 0.2) is 22.5 Å². The van der Waals surface area contributed by atoms with E-state index in [1.54, 1.807) is 7.05 Å². The van der Waals surface area contributed by atoms with Crippen molar-refractivity contribution < 1.29 is 13.7 Å². The number of rotatable bonds is 10. The molecule has 32 heavy (non-hydrogen) atoms. The fraction of sp³-hybridized carbons (Fsp3) is 0.591. The number of nitrogens with two attached hydrogens (primary N) is 2. The molecule has 2 heterocycles. The summed E-state index contributed by atoms with van der Waals surface area (Å²) in [6.07, 6.45) is 11.5. The third-order valence-electron chi connectivity index (χ3n) is 6.01. The minimum Gasteiger partial charge on any atom is -0.489 e. The van der Waals surface area contributed by atoms with Gasteiger partial charge in [0, 0.05) is 19.5 Å². The molecule has 0 radical (unpaired) electrons. The number of pyridine rings is 1. The zero-order valence-electron chi connectivity index (χ0n) is 18.5. The molecule has 2 aliphatic rings. The zero-order valence-corrected chi connectivity index (χ0v) is 18.5. The highest BCUT2D eigenvalue weighted by Crippen LogP contribution is 2.33. The number of hydrogen-bond acceptors (Lipinski definition) is 9. The number of anilines is 1. The Morgan fingerprint density at radius 3 is 2.75 bits per heavy atom. The van der Waals surface area contributed by atoms with Crippen LogP contribution in [0.2, 0.25) is 0 Å². The molecule has 0 bridgehead atoms. The van der Waals surface area contributed by atoms with E-state index in [1.807, 2.05) is 0 Å². The molecule has 0 unspecified atom stereocenters. The topological polar surface area (TPSA) is 128 Å². The summed E-state index contributed by atoms with van der Waals surface area (Å²) < 4.78 is 26.0. The number of ether oxygens (including phenoxy) is 1. The molecule has 2 saturated carbocycles. The Labute approximate surface area is 187 Å². The molecule has 9 nitrogen and oxygen atoms in total. The molecule has 2 aliphatic carbocycles. The number of aryl methyl sites for hydroxylation is 1. The highest BCUT2D eigenvalue weighted by Gasteiger charge is 2.22. The summed E-state index contributed by atoms with van der Waals surface area (Å²) in [5.74, 6) is 7.54. The van der Waals surface area contributed by atoms with Gasteiger partial charge in [0.1, 0.15) is 11.4 Å². The lowest BCUT2D eigenvalue weighted by atomic mass is 9.98. The number of aromatic nitrogens is 3. The van der Waals surface area contributed by atoms with Gasteiger partial charge in [-0.15, -0.1) is 0 Å². The summed E-state index contributed by atoms with van der Waals surface area (Å²) in [4.78, 5) is 8.55. The van der Waals surface area contributed by atoms with E-state index in [-0.39, 0.29) is 24.0 Å². The summed E-state index contributed by atoms with van der Waals surface area (Å²) in [5.41, 5.74) is 6.84. The number of halogens is 1. The van der Waals surface area contributed by atoms with Crippen LogP contribution in [-0.4, -0.2) is 39.8 Å². The fourth-order valence-corrected chi connectivity index (χ4v) is 3.93. The van der Waals surface area contributed by atoms with Crippen LogP contribution in [0.4, 0.5) is 10.3 Å². The fourth-order valence-electron chi connectivity index (χ4n) is 3.93. The van der Waals surface area contributed by atoms with Crippen molar-refractivity contribution in [1.82, 2.24) is 20.1 Å². The van der Waals surface area contributed by atoms with Gasteiger partial charge in [-0.3, -0.25) is 0 Å². The van der Waals surface area contributed by atoms with E-state index in [9.17, 15) is 4.39 Å². The van der Waals surface area contributed by atoms with Gasteiger partial charge in [-0.1, -0.05) is 19.3 Å². The number of hydrogen-bond donors (Lipinski definition) is 3. The van der Waals surface area contributed by atoms with E-state index in [4.69, 9.17) is 20.8 Å². The molecular weight excluding hydrogens is 413 g/mol. The van der Waals surface area contributed by atoms with Gasteiger partial charge in [0.2, 0.25) is 5.89 Å². The van der Waals surface area contributed by atoms with Crippen molar-refractivity contribution in [3.05, 3.63) is 35.4 Å². The van der Waals surface area contributed by atoms with Gasteiger partial charge in [-0.2, -0.15) is 4.98 Å². The third kappa shape index (κ3) is 5.87. The minimum atomic E-state index is -0.558. The van der Waals surface area contributed by atoms with Crippen molar-refractivity contribution in [2.75, 3.05) is 18.9 Å². The lowest BCUT2D eigenvalue weighted by molar-refractivity contribution is 0.154. The SMILES string of the molecule is CN(N)/C(CNc1noc(CCC2CC2)n1)=C(\N)c1ncc(OC2CCCCC2)cc1F. The number of likely N-dealkylation sites (N-methyl/N-ethyl adjacent to an activating group) is 1. The van der Waals surface area contributed by atoms with E-state index in [0.717, 1.165) is 44.4 Å². The van der Waals surface area contributed by atoms with E-state index >= 15 is 0 Å². The second-order valence-corrected chi connectivity index (χ2v) is 8.70. The van der Waals surface area contributed by atoms with Crippen LogP contribution in [0.1, 0.15) is 63.0 Å². The predicted octanol–water partition coefficient (Wildman–Crippen LogP) is 3.20. The summed E-state index contributed by atoms with van der Waals surface area (Å²) in [6.45, 7) is 0.182. The number of nitrogens with zero attached hydrogens (tertiary/aromatic N) is 4. The zero-order chi connectivity index (χ0) is 22.5. The van der Waals surface area contributed by atoms with Gasteiger partial charge in [0.05, 0.1) is 30.2 Å². The Bertz CT molecular complexity index is 936. The van der Waals surface area contributed by atoms with E-state index in [1.165, 1.54) is 36.5 Å². The lowest BCUT2D eigenvalue weighted by Crippen LogP contribution is -2.32. The average Bonchev–Trinajstić information content (AvgIpc) is 3.50. The monoisotopic (exact) mass is 445 g/mol. The van der Waals surface area contributed by atoms with Gasteiger partial charge < -0.3 is 25.3 Å². The summed E-state index contributed by atoms with van der Waals surface area (Å²) in [6, 6.07) is 1.33. The Balaban J connectivity index is 1.41. The first kappa shape index (κ1) is 22.3. The third-order valence-corrected chi connectivity index (χ3v) is 6.01. The molecule has 2 fully saturated rings. The Morgan fingerprint density at radius 2 is 2.06 bits per heavy atom. The average molecular weight is 446 g/mol. The molecule has 0 aliphatic heterocycles. The van der Waals surface area contributed by atoms with Crippen LogP contribution in [0.25, 0.3) is 5.70 Å². The molecule has 4 rings (SSSR count). The summed E-state index contributed by atoms with van der Waals surface area (Å²) >= 11 is 0. The lowest BCUT2D eigenvalue weighted by Gasteiger charge is -2.23. The maximum Gasteiger partial charge on any atom is 0.263 e. The summed E-state index contributed by atoms with van der Waals surface area (Å²) in [7, 11) is 1.62. The molecule has 5 N–H and O–H groups in total. The standard InChI is InChI=1S/C22H32FN7O2/c1-30(25)18(13-27-22-28-19(32-29-22)10-9-14-7-8-14)20(24)21-17(23)11-16(12-26-21)31-15-5-3-2-4-6-15/h11-12,14-15H,2-10,13,24-25H2,1H3,(H,27,29)/b20-18-. The smallest absolute Gasteiger partial charge is 0.263 e. The highest BCUT2D eigenvalue weighted by atomic mass is 19.1. The van der Waals surface area contributed by atoms with Gasteiger partial charge in [-0.25, -0.2) is 15.2 Å². The molecular formula is C22H32FN7O2. The molecule has 2 aromatic rings. The van der Waals surface area contributed by atoms with Crippen LogP contribution >= 0.6 is 0 Å². The van der Waals surface area contributed by atoms with Crippen molar-refractivity contribution >= 4 is 11.6 Å². The van der Waals surface area contributed by atoms with Gasteiger partial charge in [-0.05, 0) is 43.2 Å². The number of nitrogens with one attached hydrogen (secondary N) is 1. The van der Waals surface area contributed by atoms with Gasteiger partial charge in [0.25, 0.3) is 5.95 Å². The Kier molecular flexibility index (Phi) is 7.09. The molecule has 0 atom stereocenters. The van der Waals surface area contributed by atoms with Crippen LogP contribution in [-0.2, 0) is 6.42 Å². The molecule has 2 aromatic heterocycles. The van der Waals surface area contributed by atoms with Crippen LogP contribution < -0.4 is 21.6 Å². The molecule has 0 aromatic carbocycles. The Hall–Kier alpha value is -2.88. The van der Waals surface area contributed by atoms with E-state index in [2.05, 4.69) is 20.4 Å². The van der Waals surface area contributed by atoms with Crippen LogP contribution in [0, 0.1) is 11.7 Å². The maximum absolute atomic E-state index is 14.8. The van der Waals surface area contributed by atoms with Gasteiger partial charge in [0.15, 0.2) is 5.82 Å². The quantitative estimate of drug-likeness (QED) is 0.373. The molecule has 174 valence electrons. The molecule has 0 spiro atoms. The van der Waals surface area contributed by atoms with Crippen LogP contribution in [0.3, 0.4) is 0 Å². The normalized spacial score (nSPS) is 17.7. The highest BCUT2D eigenvalue weighted by molar-refractivity contribution is 5.64. The van der Waals surface area contributed by atoms with Crippen molar-refractivity contribution in [3.8, 4) is 5.75 Å². The van der Waals surface area contributed by atoms with Crippen molar-refractivity contribution in [1.29, 1.82) is 0 Å². The largest absolute Gasteiger partial charge is 0.489 e. The predicted molar refractivity (Wildman–Crippen MR) is 119 cm³/mol. The first-order chi connectivity index (χ1) is 15.5. The van der Waals surface area contributed by atoms with E-state index < -0.39 is 5.82 Å². The van der Waals surface area contributed by atoms with Crippen molar-refractivity contribution in [2.45, 2.75) is 63.9 Å². The Morgan fingerprint density at radius 1 is 1.28 bits per heavy atom. The maximum atomic E-state index is 14.8. The first-order valence-electron chi connectivity index (χ1n) is 11.4. The molecule has 10 heteroatoms. The van der Waals surface area contributed by atoms with Crippen LogP contribution in [0.5, 0.6) is 5.75 Å². The van der Waals surface area contributed by atoms with E-state index in [0.29, 0.717) is 23.3 Å². The van der Waals surface area contributed by atoms with Gasteiger partial charge >= 0.3 is 0 Å². The first-order valence-corrected chi connectivity index (χ1v) is 11.4. The summed E-state index contributed by atoms with van der Waals surface area (Å²) in [5, 5.41) is 8.29. The molecule has 0 amide bonds. The second-order valence-electron chi connectivity index (χ2n) is 8.70. The van der Waals surface area contributed by atoms with Crippen molar-refractivity contribution in [2.24, 2.45) is 17.5 Å².